The maximum absolute atomic E-state index is 12.8. The molecule has 1 aliphatic carbocycles. The van der Waals surface area contributed by atoms with Gasteiger partial charge < -0.3 is 20.5 Å². The smallest absolute Gasteiger partial charge is 0.407 e. The lowest BCUT2D eigenvalue weighted by molar-refractivity contribution is -0.137. The van der Waals surface area contributed by atoms with E-state index in [0.717, 1.165) is 28.7 Å². The van der Waals surface area contributed by atoms with Crippen LogP contribution in [0, 0.1) is 11.8 Å². The molecule has 0 aromatic heterocycles. The Labute approximate surface area is 207 Å². The van der Waals surface area contributed by atoms with Crippen LogP contribution >= 0.6 is 0 Å². The fourth-order valence-electron chi connectivity index (χ4n) is 4.69. The molecule has 0 saturated heterocycles. The molecule has 2 atom stereocenters. The minimum atomic E-state index is -0.806. The van der Waals surface area contributed by atoms with Gasteiger partial charge in [0.05, 0.1) is 0 Å². The molecule has 1 aliphatic rings. The van der Waals surface area contributed by atoms with E-state index in [9.17, 15) is 14.4 Å². The van der Waals surface area contributed by atoms with Crippen molar-refractivity contribution in [3.8, 4) is 11.1 Å². The first kappa shape index (κ1) is 26.3. The van der Waals surface area contributed by atoms with Gasteiger partial charge in [0.2, 0.25) is 5.91 Å². The number of hydrogen-bond acceptors (Lipinski definition) is 4. The first-order valence-electron chi connectivity index (χ1n) is 12.4. The molecular formula is C28H36N2O5. The third-order valence-corrected chi connectivity index (χ3v) is 6.76. The summed E-state index contributed by atoms with van der Waals surface area (Å²) in [5, 5.41) is 14.5. The first-order valence-corrected chi connectivity index (χ1v) is 12.4. The van der Waals surface area contributed by atoms with E-state index in [0.29, 0.717) is 19.4 Å². The topological polar surface area (TPSA) is 105 Å². The number of benzene rings is 2. The summed E-state index contributed by atoms with van der Waals surface area (Å²) < 4.78 is 5.60. The number of fused-ring (bicyclic) bond motifs is 3. The molecule has 2 aromatic rings. The summed E-state index contributed by atoms with van der Waals surface area (Å²) in [7, 11) is 0. The molecule has 188 valence electrons. The summed E-state index contributed by atoms with van der Waals surface area (Å²) in [5.41, 5.74) is 4.58. The molecule has 3 N–H and O–H groups in total. The normalized spacial score (nSPS) is 14.1. The van der Waals surface area contributed by atoms with Gasteiger partial charge in [0, 0.05) is 18.9 Å². The van der Waals surface area contributed by atoms with Crippen LogP contribution in [-0.2, 0) is 14.3 Å². The zero-order valence-corrected chi connectivity index (χ0v) is 20.8. The Morgan fingerprint density at radius 3 is 2.11 bits per heavy atom. The Balaban J connectivity index is 1.53. The highest BCUT2D eigenvalue weighted by Crippen LogP contribution is 2.44. The molecule has 2 aromatic carbocycles. The standard InChI is InChI=1S/C28H36N2O5/c1-4-19(13-14-25(31)32)15-16-29-27(33)26(18(2)3)30-28(34)35-17-24-22-11-7-5-9-20(22)21-10-6-8-12-23(21)24/h5-12,18-19,24,26H,4,13-17H2,1-3H3,(H,29,33)(H,30,34)(H,31,32)/t19?,26-/m0/s1. The molecular weight excluding hydrogens is 444 g/mol. The van der Waals surface area contributed by atoms with E-state index in [1.54, 1.807) is 0 Å². The minimum Gasteiger partial charge on any atom is -0.481 e. The van der Waals surface area contributed by atoms with Crippen molar-refractivity contribution >= 4 is 18.0 Å². The quantitative estimate of drug-likeness (QED) is 0.399. The van der Waals surface area contributed by atoms with Crippen LogP contribution in [0.3, 0.4) is 0 Å². The number of alkyl carbamates (subject to hydrolysis) is 1. The van der Waals surface area contributed by atoms with Crippen molar-refractivity contribution in [2.45, 2.75) is 58.4 Å². The molecule has 7 heteroatoms. The number of nitrogens with one attached hydrogen (secondary N) is 2. The van der Waals surface area contributed by atoms with Gasteiger partial charge in [-0.1, -0.05) is 75.7 Å². The second-order valence-corrected chi connectivity index (χ2v) is 9.48. The zero-order valence-electron chi connectivity index (χ0n) is 20.8. The second kappa shape index (κ2) is 12.4. The summed E-state index contributed by atoms with van der Waals surface area (Å²) in [4.78, 5) is 36.2. The highest BCUT2D eigenvalue weighted by atomic mass is 16.5. The van der Waals surface area contributed by atoms with Gasteiger partial charge in [0.1, 0.15) is 12.6 Å². The van der Waals surface area contributed by atoms with E-state index in [-0.39, 0.29) is 36.7 Å². The minimum absolute atomic E-state index is 0.0451. The average Bonchev–Trinajstić information content (AvgIpc) is 3.16. The Kier molecular flexibility index (Phi) is 9.29. The highest BCUT2D eigenvalue weighted by molar-refractivity contribution is 5.86. The molecule has 0 bridgehead atoms. The maximum atomic E-state index is 12.8. The fourth-order valence-corrected chi connectivity index (χ4v) is 4.69. The number of carbonyl (C=O) groups excluding carboxylic acids is 2. The van der Waals surface area contributed by atoms with Crippen LogP contribution in [0.25, 0.3) is 11.1 Å². The van der Waals surface area contributed by atoms with E-state index in [1.807, 2.05) is 45.0 Å². The van der Waals surface area contributed by atoms with Crippen LogP contribution < -0.4 is 10.6 Å². The van der Waals surface area contributed by atoms with Crippen LogP contribution in [0.4, 0.5) is 4.79 Å². The lowest BCUT2D eigenvalue weighted by Crippen LogP contribution is -2.50. The molecule has 0 heterocycles. The van der Waals surface area contributed by atoms with Gasteiger partial charge in [0.25, 0.3) is 0 Å². The third-order valence-electron chi connectivity index (χ3n) is 6.76. The number of aliphatic carboxylic acids is 1. The molecule has 0 fully saturated rings. The van der Waals surface area contributed by atoms with E-state index < -0.39 is 18.1 Å². The van der Waals surface area contributed by atoms with Crippen molar-refractivity contribution in [3.63, 3.8) is 0 Å². The number of carbonyl (C=O) groups is 3. The van der Waals surface area contributed by atoms with Gasteiger partial charge in [0.15, 0.2) is 0 Å². The van der Waals surface area contributed by atoms with Gasteiger partial charge in [-0.05, 0) is 46.9 Å². The monoisotopic (exact) mass is 480 g/mol. The average molecular weight is 481 g/mol. The molecule has 1 unspecified atom stereocenters. The number of carboxylic acid groups (broad SMARTS) is 1. The third kappa shape index (κ3) is 6.84. The molecule has 0 saturated carbocycles. The van der Waals surface area contributed by atoms with Crippen molar-refractivity contribution < 1.29 is 24.2 Å². The fraction of sp³-hybridized carbons (Fsp3) is 0.464. The molecule has 3 rings (SSSR count). The Morgan fingerprint density at radius 1 is 0.971 bits per heavy atom. The summed E-state index contributed by atoms with van der Waals surface area (Å²) >= 11 is 0. The molecule has 0 radical (unpaired) electrons. The van der Waals surface area contributed by atoms with E-state index in [1.165, 1.54) is 0 Å². The van der Waals surface area contributed by atoms with Crippen molar-refractivity contribution in [2.75, 3.05) is 13.2 Å². The number of rotatable bonds is 12. The maximum Gasteiger partial charge on any atom is 0.407 e. The van der Waals surface area contributed by atoms with Gasteiger partial charge in [-0.25, -0.2) is 4.79 Å². The largest absolute Gasteiger partial charge is 0.481 e. The SMILES string of the molecule is CCC(CCNC(=O)[C@@H](NC(=O)OCC1c2ccccc2-c2ccccc21)C(C)C)CCC(=O)O. The van der Waals surface area contributed by atoms with E-state index in [4.69, 9.17) is 9.84 Å². The van der Waals surface area contributed by atoms with Crippen molar-refractivity contribution in [2.24, 2.45) is 11.8 Å². The van der Waals surface area contributed by atoms with Crippen molar-refractivity contribution in [1.82, 2.24) is 10.6 Å². The lowest BCUT2D eigenvalue weighted by Gasteiger charge is -2.23. The van der Waals surface area contributed by atoms with Gasteiger partial charge in [-0.15, -0.1) is 0 Å². The molecule has 0 aliphatic heterocycles. The highest BCUT2D eigenvalue weighted by Gasteiger charge is 2.30. The Morgan fingerprint density at radius 2 is 1.57 bits per heavy atom. The number of ether oxygens (including phenoxy) is 1. The molecule has 7 nitrogen and oxygen atoms in total. The van der Waals surface area contributed by atoms with Crippen molar-refractivity contribution in [3.05, 3.63) is 59.7 Å². The summed E-state index contributed by atoms with van der Waals surface area (Å²) in [5.74, 6) is -0.999. The Hall–Kier alpha value is -3.35. The second-order valence-electron chi connectivity index (χ2n) is 9.48. The predicted molar refractivity (Wildman–Crippen MR) is 135 cm³/mol. The van der Waals surface area contributed by atoms with E-state index in [2.05, 4.69) is 34.9 Å². The summed E-state index contributed by atoms with van der Waals surface area (Å²) in [6.07, 6.45) is 1.66. The first-order chi connectivity index (χ1) is 16.8. The van der Waals surface area contributed by atoms with Crippen LogP contribution in [0.15, 0.2) is 48.5 Å². The van der Waals surface area contributed by atoms with Crippen LogP contribution in [-0.4, -0.2) is 42.3 Å². The molecule has 0 spiro atoms. The van der Waals surface area contributed by atoms with Gasteiger partial charge in [-0.2, -0.15) is 0 Å². The number of carboxylic acids is 1. The molecule has 35 heavy (non-hydrogen) atoms. The lowest BCUT2D eigenvalue weighted by atomic mass is 9.96. The van der Waals surface area contributed by atoms with Crippen LogP contribution in [0.1, 0.15) is 63.5 Å². The number of amides is 2. The number of hydrogen-bond donors (Lipinski definition) is 3. The Bertz CT molecular complexity index is 990. The van der Waals surface area contributed by atoms with Gasteiger partial charge in [-0.3, -0.25) is 9.59 Å². The zero-order chi connectivity index (χ0) is 25.4. The van der Waals surface area contributed by atoms with E-state index >= 15 is 0 Å². The van der Waals surface area contributed by atoms with Crippen LogP contribution in [0.5, 0.6) is 0 Å². The van der Waals surface area contributed by atoms with Gasteiger partial charge >= 0.3 is 12.1 Å². The van der Waals surface area contributed by atoms with Crippen LogP contribution in [0.2, 0.25) is 0 Å². The molecule has 2 amide bonds. The summed E-state index contributed by atoms with van der Waals surface area (Å²) in [6, 6.07) is 15.6. The predicted octanol–water partition coefficient (Wildman–Crippen LogP) is 4.95. The summed E-state index contributed by atoms with van der Waals surface area (Å²) in [6.45, 7) is 6.38. The van der Waals surface area contributed by atoms with Crippen molar-refractivity contribution in [1.29, 1.82) is 0 Å².